The Morgan fingerprint density at radius 1 is 0.284 bits per heavy atom. The second-order valence-electron chi connectivity index (χ2n) is 17.0. The van der Waals surface area contributed by atoms with Gasteiger partial charge in [-0.2, -0.15) is 0 Å². The predicted molar refractivity (Wildman–Crippen MR) is 281 cm³/mol. The largest absolute Gasteiger partial charge is 0.311 e. The fourth-order valence-corrected chi connectivity index (χ4v) is 10.1. The number of aromatic nitrogens is 3. The molecule has 13 rings (SSSR count). The third-order valence-electron chi connectivity index (χ3n) is 13.1. The SMILES string of the molecule is c1ccc(-c2ccc3c4c5nc6c7ccc(N(c8ccccc8)c8ccccc8)cc7c7ccccc7c6nc5ccc4n(-c4ccc(N(c5ccccc5)c5ccccc5)cc4)c3c2)cc1. The molecule has 0 aliphatic rings. The van der Waals surface area contributed by atoms with E-state index in [9.17, 15) is 0 Å². The van der Waals surface area contributed by atoms with E-state index in [-0.39, 0.29) is 0 Å². The van der Waals surface area contributed by atoms with Gasteiger partial charge < -0.3 is 14.4 Å². The lowest BCUT2D eigenvalue weighted by atomic mass is 9.98. The smallest absolute Gasteiger partial charge is 0.0995 e. The first-order valence-corrected chi connectivity index (χ1v) is 22.7. The van der Waals surface area contributed by atoms with Crippen LogP contribution < -0.4 is 9.80 Å². The Balaban J connectivity index is 1.04. The number of rotatable bonds is 8. The van der Waals surface area contributed by atoms with Crippen LogP contribution in [0, 0.1) is 0 Å². The molecule has 0 unspecified atom stereocenters. The van der Waals surface area contributed by atoms with Crippen molar-refractivity contribution in [2.24, 2.45) is 0 Å². The van der Waals surface area contributed by atoms with Crippen molar-refractivity contribution in [3.63, 3.8) is 0 Å². The van der Waals surface area contributed by atoms with Crippen molar-refractivity contribution in [2.45, 2.75) is 0 Å². The van der Waals surface area contributed by atoms with Crippen LogP contribution in [0.25, 0.3) is 82.2 Å². The van der Waals surface area contributed by atoms with E-state index in [4.69, 9.17) is 9.97 Å². The molecule has 5 nitrogen and oxygen atoms in total. The van der Waals surface area contributed by atoms with Crippen LogP contribution >= 0.6 is 0 Å². The second-order valence-corrected chi connectivity index (χ2v) is 17.0. The molecule has 2 aromatic heterocycles. The number of anilines is 6. The zero-order chi connectivity index (χ0) is 44.3. The van der Waals surface area contributed by atoms with Crippen molar-refractivity contribution >= 4 is 99.5 Å². The zero-order valence-electron chi connectivity index (χ0n) is 36.4. The first-order valence-electron chi connectivity index (χ1n) is 22.7. The van der Waals surface area contributed by atoms with E-state index in [1.54, 1.807) is 0 Å². The minimum atomic E-state index is 0.864. The van der Waals surface area contributed by atoms with E-state index < -0.39 is 0 Å². The van der Waals surface area contributed by atoms with Gasteiger partial charge in [0.2, 0.25) is 0 Å². The number of hydrogen-bond donors (Lipinski definition) is 0. The first-order chi connectivity index (χ1) is 33.2. The normalized spacial score (nSPS) is 11.6. The Morgan fingerprint density at radius 3 is 1.37 bits per heavy atom. The minimum absolute atomic E-state index is 0.864. The maximum atomic E-state index is 5.72. The quantitative estimate of drug-likeness (QED) is 0.113. The molecule has 0 bridgehead atoms. The van der Waals surface area contributed by atoms with E-state index in [1.165, 1.54) is 5.56 Å². The fraction of sp³-hybridized carbons (Fsp3) is 0. The molecule has 5 heteroatoms. The van der Waals surface area contributed by atoms with Crippen molar-refractivity contribution in [3.05, 3.63) is 249 Å². The molecule has 0 saturated heterocycles. The van der Waals surface area contributed by atoms with Gasteiger partial charge in [0.25, 0.3) is 0 Å². The van der Waals surface area contributed by atoms with Gasteiger partial charge >= 0.3 is 0 Å². The minimum Gasteiger partial charge on any atom is -0.311 e. The highest BCUT2D eigenvalue weighted by molar-refractivity contribution is 6.27. The highest BCUT2D eigenvalue weighted by Gasteiger charge is 2.22. The molecule has 2 heterocycles. The van der Waals surface area contributed by atoms with Gasteiger partial charge in [-0.05, 0) is 125 Å². The molecule has 0 saturated carbocycles. The van der Waals surface area contributed by atoms with Gasteiger partial charge in [0.15, 0.2) is 0 Å². The monoisotopic (exact) mass is 855 g/mol. The van der Waals surface area contributed by atoms with Crippen LogP contribution in [0.3, 0.4) is 0 Å². The third kappa shape index (κ3) is 6.47. The lowest BCUT2D eigenvalue weighted by molar-refractivity contribution is 1.17. The Morgan fingerprint density at radius 2 is 0.761 bits per heavy atom. The lowest BCUT2D eigenvalue weighted by Crippen LogP contribution is -2.09. The molecular weight excluding hydrogens is 815 g/mol. The number of fused-ring (bicyclic) bond motifs is 11. The molecule has 67 heavy (non-hydrogen) atoms. The van der Waals surface area contributed by atoms with Gasteiger partial charge in [0.1, 0.15) is 0 Å². The van der Waals surface area contributed by atoms with E-state index >= 15 is 0 Å². The molecular formula is C62H41N5. The summed E-state index contributed by atoms with van der Waals surface area (Å²) in [6, 6.07) is 88.5. The molecule has 0 aliphatic carbocycles. The lowest BCUT2D eigenvalue weighted by Gasteiger charge is -2.26. The van der Waals surface area contributed by atoms with Crippen LogP contribution in [-0.4, -0.2) is 14.5 Å². The zero-order valence-corrected chi connectivity index (χ0v) is 36.4. The van der Waals surface area contributed by atoms with E-state index in [0.717, 1.165) is 111 Å². The highest BCUT2D eigenvalue weighted by atomic mass is 15.1. The molecule has 0 spiro atoms. The third-order valence-corrected chi connectivity index (χ3v) is 13.1. The summed E-state index contributed by atoms with van der Waals surface area (Å²) in [4.78, 5) is 15.9. The summed E-state index contributed by atoms with van der Waals surface area (Å²) in [5.74, 6) is 0. The van der Waals surface area contributed by atoms with Crippen LogP contribution in [0.5, 0.6) is 0 Å². The molecule has 0 amide bonds. The van der Waals surface area contributed by atoms with Gasteiger partial charge in [-0.1, -0.05) is 146 Å². The van der Waals surface area contributed by atoms with Crippen LogP contribution in [0.4, 0.5) is 34.1 Å². The van der Waals surface area contributed by atoms with E-state index in [2.05, 4.69) is 263 Å². The van der Waals surface area contributed by atoms with Gasteiger partial charge in [0.05, 0.1) is 33.1 Å². The van der Waals surface area contributed by atoms with Crippen LogP contribution in [0.1, 0.15) is 0 Å². The summed E-state index contributed by atoms with van der Waals surface area (Å²) >= 11 is 0. The summed E-state index contributed by atoms with van der Waals surface area (Å²) in [6.07, 6.45) is 0. The van der Waals surface area contributed by atoms with Crippen LogP contribution in [0.15, 0.2) is 249 Å². The van der Waals surface area contributed by atoms with Gasteiger partial charge in [0, 0.05) is 61.4 Å². The number of para-hydroxylation sites is 4. The molecule has 314 valence electrons. The molecule has 11 aromatic carbocycles. The molecule has 0 aliphatic heterocycles. The van der Waals surface area contributed by atoms with Gasteiger partial charge in [-0.25, -0.2) is 9.97 Å². The number of nitrogens with zero attached hydrogens (tertiary/aromatic N) is 5. The molecule has 0 N–H and O–H groups in total. The summed E-state index contributed by atoms with van der Waals surface area (Å²) in [6.45, 7) is 0. The van der Waals surface area contributed by atoms with Crippen molar-refractivity contribution in [1.29, 1.82) is 0 Å². The Kier molecular flexibility index (Phi) is 9.10. The Hall–Kier alpha value is -9.06. The molecule has 0 fully saturated rings. The maximum Gasteiger partial charge on any atom is 0.0995 e. The maximum absolute atomic E-state index is 5.72. The highest BCUT2D eigenvalue weighted by Crippen LogP contribution is 2.43. The molecule has 0 atom stereocenters. The van der Waals surface area contributed by atoms with Gasteiger partial charge in [-0.3, -0.25) is 0 Å². The molecule has 13 aromatic rings. The number of hydrogen-bond acceptors (Lipinski definition) is 4. The summed E-state index contributed by atoms with van der Waals surface area (Å²) in [5, 5.41) is 6.64. The van der Waals surface area contributed by atoms with Crippen molar-refractivity contribution < 1.29 is 0 Å². The topological polar surface area (TPSA) is 37.2 Å². The van der Waals surface area contributed by atoms with Crippen molar-refractivity contribution in [2.75, 3.05) is 9.80 Å². The average Bonchev–Trinajstić information content (AvgIpc) is 3.74. The molecule has 0 radical (unpaired) electrons. The van der Waals surface area contributed by atoms with Crippen molar-refractivity contribution in [3.8, 4) is 16.8 Å². The second kappa shape index (κ2) is 15.9. The summed E-state index contributed by atoms with van der Waals surface area (Å²) in [7, 11) is 0. The first kappa shape index (κ1) is 38.4. The van der Waals surface area contributed by atoms with Crippen LogP contribution in [0.2, 0.25) is 0 Å². The summed E-state index contributed by atoms with van der Waals surface area (Å²) < 4.78 is 2.40. The Labute approximate surface area is 387 Å². The van der Waals surface area contributed by atoms with Crippen LogP contribution in [-0.2, 0) is 0 Å². The van der Waals surface area contributed by atoms with E-state index in [0.29, 0.717) is 0 Å². The average molecular weight is 856 g/mol. The summed E-state index contributed by atoms with van der Waals surface area (Å²) in [5.41, 5.74) is 15.6. The fourth-order valence-electron chi connectivity index (χ4n) is 10.1. The predicted octanol–water partition coefficient (Wildman–Crippen LogP) is 16.8. The van der Waals surface area contributed by atoms with Crippen molar-refractivity contribution in [1.82, 2.24) is 14.5 Å². The number of benzene rings is 11. The van der Waals surface area contributed by atoms with E-state index in [1.807, 2.05) is 0 Å². The standard InChI is InChI=1S/C62H41N5/c1-6-18-42(19-7-1)43-30-36-54-58(40-43)67(49-33-31-48(32-34-49)65(44-20-8-2-9-21-44)45-22-10-3-11-23-45)57-39-38-56-62(59(54)57)64-61-53-37-35-50(41-55(53)51-28-16-17-29-52(51)60(61)63-56)66(46-24-12-4-13-25-46)47-26-14-5-15-27-47/h1-41H. The van der Waals surface area contributed by atoms with Gasteiger partial charge in [-0.15, -0.1) is 0 Å². The Bertz CT molecular complexity index is 3870.